The normalized spacial score (nSPS) is 22.9. The Hall–Kier alpha value is -2.04. The van der Waals surface area contributed by atoms with E-state index in [4.69, 9.17) is 21.6 Å². The van der Waals surface area contributed by atoms with Crippen LogP contribution in [0.15, 0.2) is 17.3 Å². The van der Waals surface area contributed by atoms with Crippen LogP contribution >= 0.6 is 11.6 Å². The van der Waals surface area contributed by atoms with E-state index in [9.17, 15) is 9.32 Å². The Morgan fingerprint density at radius 2 is 1.94 bits per heavy atom. The Balaban J connectivity index is 1.42. The van der Waals surface area contributed by atoms with Gasteiger partial charge in [0.2, 0.25) is 5.95 Å². The zero-order valence-corrected chi connectivity index (χ0v) is 19.7. The third-order valence-corrected chi connectivity index (χ3v) is 8.40. The van der Waals surface area contributed by atoms with Gasteiger partial charge in [0, 0.05) is 50.7 Å². The smallest absolute Gasteiger partial charge is 0.229 e. The Morgan fingerprint density at radius 3 is 2.56 bits per heavy atom. The van der Waals surface area contributed by atoms with E-state index in [2.05, 4.69) is 20.2 Å². The van der Waals surface area contributed by atoms with E-state index in [1.54, 1.807) is 12.4 Å². The molecule has 32 heavy (non-hydrogen) atoms. The van der Waals surface area contributed by atoms with Crippen LogP contribution in [-0.2, 0) is 10.8 Å². The molecule has 2 aromatic rings. The van der Waals surface area contributed by atoms with Crippen LogP contribution in [0, 0.1) is 0 Å². The van der Waals surface area contributed by atoms with Gasteiger partial charge in [0.1, 0.15) is 10.7 Å². The van der Waals surface area contributed by atoms with Crippen LogP contribution in [0.5, 0.6) is 0 Å². The highest BCUT2D eigenvalue weighted by molar-refractivity contribution is 7.85. The Kier molecular flexibility index (Phi) is 5.94. The molecular formula is C21H28ClN7O2S. The summed E-state index contributed by atoms with van der Waals surface area (Å²) < 4.78 is 12.9. The van der Waals surface area contributed by atoms with Gasteiger partial charge in [-0.1, -0.05) is 11.6 Å². The van der Waals surface area contributed by atoms with Crippen LogP contribution in [0.25, 0.3) is 0 Å². The fourth-order valence-corrected chi connectivity index (χ4v) is 6.06. The maximum Gasteiger partial charge on any atom is 0.229 e. The summed E-state index contributed by atoms with van der Waals surface area (Å²) in [6.45, 7) is 2.30. The Labute approximate surface area is 195 Å². The SMILES string of the molecule is CN1CC[S@](=O)c2c(NC3(CO)CCC3)nc(N3CCC(c4ncc(Cl)cn4)CC3)nc21. The van der Waals surface area contributed by atoms with Crippen molar-refractivity contribution in [2.24, 2.45) is 0 Å². The molecule has 2 aliphatic heterocycles. The maximum absolute atomic E-state index is 12.9. The number of anilines is 3. The molecule has 2 aromatic heterocycles. The molecule has 5 rings (SSSR count). The molecule has 1 saturated heterocycles. The molecular weight excluding hydrogens is 450 g/mol. The van der Waals surface area contributed by atoms with E-state index in [-0.39, 0.29) is 18.1 Å². The molecule has 11 heteroatoms. The zero-order chi connectivity index (χ0) is 22.3. The average Bonchev–Trinajstić information content (AvgIpc) is 2.79. The fraction of sp³-hybridized carbons (Fsp3) is 0.619. The summed E-state index contributed by atoms with van der Waals surface area (Å²) in [5, 5.41) is 14.0. The molecule has 4 heterocycles. The number of rotatable bonds is 5. The summed E-state index contributed by atoms with van der Waals surface area (Å²) in [4.78, 5) is 23.3. The monoisotopic (exact) mass is 477 g/mol. The first-order chi connectivity index (χ1) is 15.5. The molecule has 172 valence electrons. The Morgan fingerprint density at radius 1 is 1.22 bits per heavy atom. The van der Waals surface area contributed by atoms with Crippen molar-refractivity contribution in [2.45, 2.75) is 48.5 Å². The lowest BCUT2D eigenvalue weighted by atomic mass is 9.77. The second-order valence-electron chi connectivity index (χ2n) is 8.93. The fourth-order valence-electron chi connectivity index (χ4n) is 4.60. The molecule has 0 spiro atoms. The number of nitrogens with zero attached hydrogens (tertiary/aromatic N) is 6. The van der Waals surface area contributed by atoms with Crippen molar-refractivity contribution in [2.75, 3.05) is 54.2 Å². The lowest BCUT2D eigenvalue weighted by Gasteiger charge is -2.42. The summed E-state index contributed by atoms with van der Waals surface area (Å²) in [6, 6.07) is 0. The van der Waals surface area contributed by atoms with E-state index in [0.717, 1.165) is 56.8 Å². The van der Waals surface area contributed by atoms with E-state index in [0.29, 0.717) is 34.0 Å². The summed E-state index contributed by atoms with van der Waals surface area (Å²) in [5.41, 5.74) is -0.376. The van der Waals surface area contributed by atoms with Crippen molar-refractivity contribution in [3.05, 3.63) is 23.2 Å². The predicted molar refractivity (Wildman–Crippen MR) is 125 cm³/mol. The minimum atomic E-state index is -1.16. The summed E-state index contributed by atoms with van der Waals surface area (Å²) in [6.07, 6.45) is 7.92. The van der Waals surface area contributed by atoms with E-state index in [1.807, 2.05) is 11.9 Å². The predicted octanol–water partition coefficient (Wildman–Crippen LogP) is 2.19. The molecule has 0 bridgehead atoms. The lowest BCUT2D eigenvalue weighted by molar-refractivity contribution is 0.143. The molecule has 2 N–H and O–H groups in total. The highest BCUT2D eigenvalue weighted by Gasteiger charge is 2.39. The van der Waals surface area contributed by atoms with Gasteiger partial charge in [0.25, 0.3) is 0 Å². The molecule has 1 saturated carbocycles. The minimum absolute atomic E-state index is 0.0378. The molecule has 0 amide bonds. The van der Waals surface area contributed by atoms with Gasteiger partial charge in [-0.15, -0.1) is 0 Å². The first-order valence-corrected chi connectivity index (χ1v) is 12.8. The van der Waals surface area contributed by atoms with Crippen LogP contribution in [0.1, 0.15) is 43.8 Å². The number of piperidine rings is 1. The molecule has 1 aliphatic carbocycles. The minimum Gasteiger partial charge on any atom is -0.394 e. The number of aromatic nitrogens is 4. The first kappa shape index (κ1) is 21.8. The highest BCUT2D eigenvalue weighted by atomic mass is 35.5. The highest BCUT2D eigenvalue weighted by Crippen LogP contribution is 2.40. The molecule has 0 aromatic carbocycles. The quantitative estimate of drug-likeness (QED) is 0.669. The first-order valence-electron chi connectivity index (χ1n) is 11.1. The number of halogens is 1. The van der Waals surface area contributed by atoms with Gasteiger partial charge in [0.15, 0.2) is 11.6 Å². The summed E-state index contributed by atoms with van der Waals surface area (Å²) >= 11 is 5.92. The van der Waals surface area contributed by atoms with Gasteiger partial charge >= 0.3 is 0 Å². The van der Waals surface area contributed by atoms with Gasteiger partial charge in [-0.3, -0.25) is 4.21 Å². The second kappa shape index (κ2) is 8.72. The number of aliphatic hydroxyl groups excluding tert-OH is 1. The van der Waals surface area contributed by atoms with Crippen molar-refractivity contribution in [1.82, 2.24) is 19.9 Å². The molecule has 0 unspecified atom stereocenters. The zero-order valence-electron chi connectivity index (χ0n) is 18.1. The molecule has 9 nitrogen and oxygen atoms in total. The third kappa shape index (κ3) is 4.04. The molecule has 2 fully saturated rings. The third-order valence-electron chi connectivity index (χ3n) is 6.82. The Bertz CT molecular complexity index is 1000. The van der Waals surface area contributed by atoms with Crippen molar-refractivity contribution >= 4 is 40.0 Å². The van der Waals surface area contributed by atoms with Crippen LogP contribution in [0.3, 0.4) is 0 Å². The number of nitrogens with one attached hydrogen (secondary N) is 1. The number of hydrogen-bond donors (Lipinski definition) is 2. The number of hydrogen-bond acceptors (Lipinski definition) is 9. The van der Waals surface area contributed by atoms with Gasteiger partial charge in [-0.05, 0) is 32.1 Å². The van der Waals surface area contributed by atoms with E-state index < -0.39 is 10.8 Å². The number of aliphatic hydroxyl groups is 1. The largest absolute Gasteiger partial charge is 0.394 e. The maximum atomic E-state index is 12.9. The topological polar surface area (TPSA) is 107 Å². The lowest BCUT2D eigenvalue weighted by Crippen LogP contribution is -2.49. The van der Waals surface area contributed by atoms with Crippen molar-refractivity contribution in [3.8, 4) is 0 Å². The van der Waals surface area contributed by atoms with Gasteiger partial charge in [0.05, 0.1) is 28.0 Å². The van der Waals surface area contributed by atoms with Crippen molar-refractivity contribution in [1.29, 1.82) is 0 Å². The molecule has 0 radical (unpaired) electrons. The average molecular weight is 478 g/mol. The second-order valence-corrected chi connectivity index (χ2v) is 10.9. The van der Waals surface area contributed by atoms with Crippen molar-refractivity contribution in [3.63, 3.8) is 0 Å². The van der Waals surface area contributed by atoms with Crippen molar-refractivity contribution < 1.29 is 9.32 Å². The standard InChI is InChI=1S/C21H28ClN7O2S/c1-28-9-10-32(31)16-18(27-21(13-30)5-2-6-21)25-20(26-19(16)28)29-7-3-14(4-8-29)17-23-11-15(22)12-24-17/h11-12,14,30H,2-10,13H2,1H3,(H,25,26,27)/t32-/m0/s1. The van der Waals surface area contributed by atoms with E-state index in [1.165, 1.54) is 0 Å². The van der Waals surface area contributed by atoms with Crippen LogP contribution < -0.4 is 15.1 Å². The van der Waals surface area contributed by atoms with E-state index >= 15 is 0 Å². The van der Waals surface area contributed by atoms with Gasteiger partial charge < -0.3 is 20.2 Å². The summed E-state index contributed by atoms with van der Waals surface area (Å²) in [7, 11) is 0.813. The van der Waals surface area contributed by atoms with Gasteiger partial charge in [-0.25, -0.2) is 9.97 Å². The summed E-state index contributed by atoms with van der Waals surface area (Å²) in [5.74, 6) is 3.62. The van der Waals surface area contributed by atoms with Crippen LogP contribution in [-0.4, -0.2) is 73.8 Å². The van der Waals surface area contributed by atoms with Crippen LogP contribution in [0.2, 0.25) is 5.02 Å². The van der Waals surface area contributed by atoms with Gasteiger partial charge in [-0.2, -0.15) is 9.97 Å². The molecule has 3 aliphatic rings. The van der Waals surface area contributed by atoms with Crippen LogP contribution in [0.4, 0.5) is 17.6 Å². The molecule has 1 atom stereocenters. The number of fused-ring (bicyclic) bond motifs is 1.